The summed E-state index contributed by atoms with van der Waals surface area (Å²) in [5.74, 6) is -0.0125. The van der Waals surface area contributed by atoms with E-state index in [4.69, 9.17) is 10.9 Å². The SMILES string of the molecule is CCCC(O)CNCc1cccnc1/C(N)=N/O. The molecule has 5 N–H and O–H groups in total. The third-order valence-electron chi connectivity index (χ3n) is 2.56. The lowest BCUT2D eigenvalue weighted by Gasteiger charge is -2.12. The number of aliphatic hydroxyl groups excluding tert-OH is 1. The number of aromatic nitrogens is 1. The van der Waals surface area contributed by atoms with Crippen molar-refractivity contribution in [1.29, 1.82) is 0 Å². The van der Waals surface area contributed by atoms with Crippen molar-refractivity contribution in [3.63, 3.8) is 0 Å². The molecule has 0 amide bonds. The van der Waals surface area contributed by atoms with Gasteiger partial charge in [0, 0.05) is 19.3 Å². The predicted octanol–water partition coefficient (Wildman–Crippen LogP) is 0.427. The Hall–Kier alpha value is -1.66. The van der Waals surface area contributed by atoms with Crippen LogP contribution in [0.3, 0.4) is 0 Å². The van der Waals surface area contributed by atoms with Gasteiger partial charge in [0.25, 0.3) is 0 Å². The molecule has 0 aliphatic heterocycles. The second-order valence-electron chi connectivity index (χ2n) is 4.07. The Kier molecular flexibility index (Phi) is 6.10. The summed E-state index contributed by atoms with van der Waals surface area (Å²) in [6.45, 7) is 3.05. The Labute approximate surface area is 107 Å². The molecule has 0 saturated carbocycles. The lowest BCUT2D eigenvalue weighted by molar-refractivity contribution is 0.160. The summed E-state index contributed by atoms with van der Waals surface area (Å²) in [5, 5.41) is 24.3. The molecule has 1 rings (SSSR count). The minimum atomic E-state index is -0.348. The van der Waals surface area contributed by atoms with Gasteiger partial charge in [0.1, 0.15) is 5.69 Å². The van der Waals surface area contributed by atoms with Gasteiger partial charge in [-0.1, -0.05) is 24.6 Å². The molecule has 1 unspecified atom stereocenters. The van der Waals surface area contributed by atoms with E-state index in [2.05, 4.69) is 15.5 Å². The molecule has 0 fully saturated rings. The van der Waals surface area contributed by atoms with Crippen molar-refractivity contribution in [3.8, 4) is 0 Å². The highest BCUT2D eigenvalue weighted by atomic mass is 16.4. The van der Waals surface area contributed by atoms with E-state index in [9.17, 15) is 5.11 Å². The number of pyridine rings is 1. The summed E-state index contributed by atoms with van der Waals surface area (Å²) in [4.78, 5) is 4.07. The molecule has 0 spiro atoms. The zero-order chi connectivity index (χ0) is 13.4. The van der Waals surface area contributed by atoms with Gasteiger partial charge in [-0.2, -0.15) is 0 Å². The first kappa shape index (κ1) is 14.4. The van der Waals surface area contributed by atoms with Crippen molar-refractivity contribution < 1.29 is 10.3 Å². The van der Waals surface area contributed by atoms with Gasteiger partial charge >= 0.3 is 0 Å². The van der Waals surface area contributed by atoms with Gasteiger partial charge in [0.2, 0.25) is 0 Å². The highest BCUT2D eigenvalue weighted by Crippen LogP contribution is 2.05. The van der Waals surface area contributed by atoms with Crippen LogP contribution in [0.2, 0.25) is 0 Å². The maximum Gasteiger partial charge on any atom is 0.189 e. The molecule has 1 aromatic heterocycles. The number of nitrogens with zero attached hydrogens (tertiary/aromatic N) is 2. The minimum Gasteiger partial charge on any atom is -0.409 e. The first-order valence-corrected chi connectivity index (χ1v) is 5.99. The summed E-state index contributed by atoms with van der Waals surface area (Å²) >= 11 is 0. The van der Waals surface area contributed by atoms with Crippen LogP contribution in [0.1, 0.15) is 31.0 Å². The Morgan fingerprint density at radius 1 is 1.61 bits per heavy atom. The van der Waals surface area contributed by atoms with Gasteiger partial charge in [0.05, 0.1) is 6.10 Å². The summed E-state index contributed by atoms with van der Waals surface area (Å²) in [6.07, 6.45) is 2.96. The molecule has 0 saturated heterocycles. The monoisotopic (exact) mass is 252 g/mol. The Bertz CT molecular complexity index is 395. The molecule has 1 aromatic rings. The summed E-state index contributed by atoms with van der Waals surface area (Å²) in [6, 6.07) is 3.63. The van der Waals surface area contributed by atoms with Gasteiger partial charge in [-0.05, 0) is 18.1 Å². The number of amidine groups is 1. The zero-order valence-electron chi connectivity index (χ0n) is 10.5. The first-order valence-electron chi connectivity index (χ1n) is 5.99. The third-order valence-corrected chi connectivity index (χ3v) is 2.56. The number of nitrogens with one attached hydrogen (secondary N) is 1. The van der Waals surface area contributed by atoms with Crippen LogP contribution in [0.4, 0.5) is 0 Å². The van der Waals surface area contributed by atoms with Gasteiger partial charge in [-0.25, -0.2) is 0 Å². The molecule has 1 atom stereocenters. The van der Waals surface area contributed by atoms with Crippen LogP contribution in [0.5, 0.6) is 0 Å². The fraction of sp³-hybridized carbons (Fsp3) is 0.500. The van der Waals surface area contributed by atoms with Crippen LogP contribution in [-0.2, 0) is 6.54 Å². The van der Waals surface area contributed by atoms with E-state index in [0.29, 0.717) is 18.8 Å². The van der Waals surface area contributed by atoms with E-state index < -0.39 is 0 Å². The fourth-order valence-corrected chi connectivity index (χ4v) is 1.67. The first-order chi connectivity index (χ1) is 8.69. The van der Waals surface area contributed by atoms with Crippen molar-refractivity contribution in [3.05, 3.63) is 29.6 Å². The molecule has 0 radical (unpaired) electrons. The van der Waals surface area contributed by atoms with Gasteiger partial charge < -0.3 is 21.4 Å². The number of aliphatic hydroxyl groups is 1. The standard InChI is InChI=1S/C12H20N4O2/c1-2-4-10(17)8-14-7-9-5-3-6-15-11(9)12(13)16-18/h3,5-6,10,14,17-18H,2,4,7-8H2,1H3,(H2,13,16). The van der Waals surface area contributed by atoms with E-state index >= 15 is 0 Å². The van der Waals surface area contributed by atoms with Crippen molar-refractivity contribution >= 4 is 5.84 Å². The van der Waals surface area contributed by atoms with E-state index in [1.807, 2.05) is 13.0 Å². The average molecular weight is 252 g/mol. The lowest BCUT2D eigenvalue weighted by atomic mass is 10.1. The highest BCUT2D eigenvalue weighted by molar-refractivity contribution is 5.96. The molecule has 6 nitrogen and oxygen atoms in total. The molecule has 0 bridgehead atoms. The van der Waals surface area contributed by atoms with Crippen LogP contribution >= 0.6 is 0 Å². The zero-order valence-corrected chi connectivity index (χ0v) is 10.5. The van der Waals surface area contributed by atoms with Crippen LogP contribution in [0.25, 0.3) is 0 Å². The van der Waals surface area contributed by atoms with Crippen molar-refractivity contribution in [2.24, 2.45) is 10.9 Å². The van der Waals surface area contributed by atoms with Crippen LogP contribution in [0.15, 0.2) is 23.5 Å². The second-order valence-corrected chi connectivity index (χ2v) is 4.07. The number of hydrogen-bond acceptors (Lipinski definition) is 5. The number of oxime groups is 1. The van der Waals surface area contributed by atoms with Crippen LogP contribution < -0.4 is 11.1 Å². The van der Waals surface area contributed by atoms with Gasteiger partial charge in [-0.15, -0.1) is 0 Å². The predicted molar refractivity (Wildman–Crippen MR) is 69.4 cm³/mol. The van der Waals surface area contributed by atoms with Crippen molar-refractivity contribution in [2.75, 3.05) is 6.54 Å². The Morgan fingerprint density at radius 2 is 2.39 bits per heavy atom. The quantitative estimate of drug-likeness (QED) is 0.244. The molecule has 0 aliphatic rings. The lowest BCUT2D eigenvalue weighted by Crippen LogP contribution is -2.27. The fourth-order valence-electron chi connectivity index (χ4n) is 1.67. The Balaban J connectivity index is 2.57. The van der Waals surface area contributed by atoms with Gasteiger partial charge in [-0.3, -0.25) is 4.98 Å². The second kappa shape index (κ2) is 7.62. The summed E-state index contributed by atoms with van der Waals surface area (Å²) < 4.78 is 0. The van der Waals surface area contributed by atoms with E-state index in [1.165, 1.54) is 0 Å². The Morgan fingerprint density at radius 3 is 3.06 bits per heavy atom. The molecule has 6 heteroatoms. The summed E-state index contributed by atoms with van der Waals surface area (Å²) in [5.41, 5.74) is 6.82. The molecule has 0 aromatic carbocycles. The van der Waals surface area contributed by atoms with E-state index in [0.717, 1.165) is 18.4 Å². The largest absolute Gasteiger partial charge is 0.409 e. The molecular formula is C12H20N4O2. The van der Waals surface area contributed by atoms with E-state index in [-0.39, 0.29) is 11.9 Å². The molecule has 18 heavy (non-hydrogen) atoms. The number of hydrogen-bond donors (Lipinski definition) is 4. The van der Waals surface area contributed by atoms with Crippen LogP contribution in [-0.4, -0.2) is 33.8 Å². The number of rotatable bonds is 7. The highest BCUT2D eigenvalue weighted by Gasteiger charge is 2.08. The third kappa shape index (κ3) is 4.31. The maximum absolute atomic E-state index is 9.59. The molecule has 0 aliphatic carbocycles. The van der Waals surface area contributed by atoms with E-state index in [1.54, 1.807) is 12.3 Å². The van der Waals surface area contributed by atoms with Crippen LogP contribution in [0, 0.1) is 0 Å². The molecule has 100 valence electrons. The summed E-state index contributed by atoms with van der Waals surface area (Å²) in [7, 11) is 0. The molecule has 1 heterocycles. The average Bonchev–Trinajstić information content (AvgIpc) is 2.39. The van der Waals surface area contributed by atoms with Crippen molar-refractivity contribution in [1.82, 2.24) is 10.3 Å². The normalized spacial score (nSPS) is 13.6. The topological polar surface area (TPSA) is 104 Å². The minimum absolute atomic E-state index is 0.0125. The maximum atomic E-state index is 9.59. The smallest absolute Gasteiger partial charge is 0.189 e. The van der Waals surface area contributed by atoms with Crippen molar-refractivity contribution in [2.45, 2.75) is 32.4 Å². The molecular weight excluding hydrogens is 232 g/mol. The number of nitrogens with two attached hydrogens (primary N) is 1. The van der Waals surface area contributed by atoms with Gasteiger partial charge in [0.15, 0.2) is 5.84 Å².